The average molecular weight is 275 g/mol. The van der Waals surface area contributed by atoms with Crippen LogP contribution in [0.5, 0.6) is 0 Å². The molecule has 17 heavy (non-hydrogen) atoms. The Labute approximate surface area is 112 Å². The van der Waals surface area contributed by atoms with Gasteiger partial charge in [0.25, 0.3) is 0 Å². The first-order valence-electron chi connectivity index (χ1n) is 5.29. The van der Waals surface area contributed by atoms with Gasteiger partial charge in [0.2, 0.25) is 0 Å². The van der Waals surface area contributed by atoms with Gasteiger partial charge in [-0.2, -0.15) is 0 Å². The molecule has 0 saturated heterocycles. The molecule has 0 aliphatic carbocycles. The van der Waals surface area contributed by atoms with Crippen LogP contribution in [0.4, 0.5) is 10.5 Å². The van der Waals surface area contributed by atoms with E-state index in [1.165, 1.54) is 4.90 Å². The Morgan fingerprint density at radius 3 is 2.59 bits per heavy atom. The Balaban J connectivity index is 2.86. The zero-order chi connectivity index (χ0) is 13.0. The molecule has 94 valence electrons. The van der Waals surface area contributed by atoms with Gasteiger partial charge in [-0.3, -0.25) is 0 Å². The first-order valence-corrected chi connectivity index (χ1v) is 6.20. The summed E-state index contributed by atoms with van der Waals surface area (Å²) >= 11 is 11.9. The SMILES string of the molecule is CC(CCl)c1ccc(NC(=O)N(C)C)cc1Cl. The van der Waals surface area contributed by atoms with Crippen molar-refractivity contribution in [2.75, 3.05) is 25.3 Å². The number of nitrogens with zero attached hydrogens (tertiary/aromatic N) is 1. The van der Waals surface area contributed by atoms with Gasteiger partial charge in [-0.25, -0.2) is 4.79 Å². The van der Waals surface area contributed by atoms with Crippen LogP contribution >= 0.6 is 23.2 Å². The Kier molecular flexibility index (Phi) is 5.09. The van der Waals surface area contributed by atoms with Gasteiger partial charge >= 0.3 is 6.03 Å². The molecule has 0 bridgehead atoms. The number of alkyl halides is 1. The van der Waals surface area contributed by atoms with Crippen LogP contribution in [0.3, 0.4) is 0 Å². The number of halogens is 2. The van der Waals surface area contributed by atoms with Crippen molar-refractivity contribution < 1.29 is 4.79 Å². The summed E-state index contributed by atoms with van der Waals surface area (Å²) in [6.45, 7) is 2.01. The number of nitrogens with one attached hydrogen (secondary N) is 1. The number of carbonyl (C=O) groups excluding carboxylic acids is 1. The molecule has 0 saturated carbocycles. The van der Waals surface area contributed by atoms with Crippen LogP contribution in [-0.2, 0) is 0 Å². The van der Waals surface area contributed by atoms with E-state index in [0.29, 0.717) is 16.6 Å². The highest BCUT2D eigenvalue weighted by Gasteiger charge is 2.10. The van der Waals surface area contributed by atoms with Gasteiger partial charge in [-0.15, -0.1) is 11.6 Å². The zero-order valence-corrected chi connectivity index (χ0v) is 11.6. The summed E-state index contributed by atoms with van der Waals surface area (Å²) in [5.74, 6) is 0.714. The second-order valence-corrected chi connectivity index (χ2v) is 4.83. The van der Waals surface area contributed by atoms with E-state index in [0.717, 1.165) is 5.56 Å². The van der Waals surface area contributed by atoms with Crippen LogP contribution in [0.2, 0.25) is 5.02 Å². The molecule has 1 N–H and O–H groups in total. The van der Waals surface area contributed by atoms with Crippen molar-refractivity contribution in [1.82, 2.24) is 4.90 Å². The average Bonchev–Trinajstić information content (AvgIpc) is 2.28. The summed E-state index contributed by atoms with van der Waals surface area (Å²) in [7, 11) is 3.36. The van der Waals surface area contributed by atoms with Crippen LogP contribution in [-0.4, -0.2) is 30.9 Å². The molecule has 1 aromatic carbocycles. The van der Waals surface area contributed by atoms with Crippen molar-refractivity contribution >= 4 is 34.9 Å². The predicted molar refractivity (Wildman–Crippen MR) is 73.3 cm³/mol. The van der Waals surface area contributed by atoms with E-state index in [1.807, 2.05) is 19.1 Å². The number of hydrogen-bond donors (Lipinski definition) is 1. The molecule has 1 aromatic rings. The minimum atomic E-state index is -0.181. The van der Waals surface area contributed by atoms with Crippen molar-refractivity contribution in [3.63, 3.8) is 0 Å². The lowest BCUT2D eigenvalue weighted by atomic mass is 10.0. The molecule has 3 nitrogen and oxygen atoms in total. The third kappa shape index (κ3) is 3.79. The largest absolute Gasteiger partial charge is 0.331 e. The fourth-order valence-electron chi connectivity index (χ4n) is 1.32. The highest BCUT2D eigenvalue weighted by atomic mass is 35.5. The quantitative estimate of drug-likeness (QED) is 0.836. The van der Waals surface area contributed by atoms with Gasteiger partial charge in [0, 0.05) is 30.7 Å². The van der Waals surface area contributed by atoms with E-state index in [4.69, 9.17) is 23.2 Å². The third-order valence-electron chi connectivity index (χ3n) is 2.42. The van der Waals surface area contributed by atoms with Crippen molar-refractivity contribution in [1.29, 1.82) is 0 Å². The molecule has 1 rings (SSSR count). The number of carbonyl (C=O) groups is 1. The van der Waals surface area contributed by atoms with Crippen LogP contribution in [0.1, 0.15) is 18.4 Å². The van der Waals surface area contributed by atoms with E-state index in [2.05, 4.69) is 5.32 Å². The van der Waals surface area contributed by atoms with Crippen LogP contribution in [0.25, 0.3) is 0 Å². The highest BCUT2D eigenvalue weighted by molar-refractivity contribution is 6.32. The zero-order valence-electron chi connectivity index (χ0n) is 10.1. The van der Waals surface area contributed by atoms with Crippen molar-refractivity contribution in [2.24, 2.45) is 0 Å². The Morgan fingerprint density at radius 1 is 1.47 bits per heavy atom. The lowest BCUT2D eigenvalue weighted by Gasteiger charge is -2.14. The topological polar surface area (TPSA) is 32.3 Å². The lowest BCUT2D eigenvalue weighted by molar-refractivity contribution is 0.230. The van der Waals surface area contributed by atoms with E-state index >= 15 is 0 Å². The fourth-order valence-corrected chi connectivity index (χ4v) is 1.86. The molecule has 0 aliphatic heterocycles. The molecular formula is C12H16Cl2N2O. The van der Waals surface area contributed by atoms with E-state index in [-0.39, 0.29) is 11.9 Å². The second-order valence-electron chi connectivity index (χ2n) is 4.12. The van der Waals surface area contributed by atoms with Crippen molar-refractivity contribution in [2.45, 2.75) is 12.8 Å². The normalized spacial score (nSPS) is 12.1. The van der Waals surface area contributed by atoms with Crippen molar-refractivity contribution in [3.8, 4) is 0 Å². The summed E-state index contributed by atoms with van der Waals surface area (Å²) in [6, 6.07) is 5.27. The molecule has 0 radical (unpaired) electrons. The molecule has 0 spiro atoms. The first kappa shape index (κ1) is 14.1. The standard InChI is InChI=1S/C12H16Cl2N2O/c1-8(7-13)10-5-4-9(6-11(10)14)15-12(17)16(2)3/h4-6,8H,7H2,1-3H3,(H,15,17). The monoisotopic (exact) mass is 274 g/mol. The van der Waals surface area contributed by atoms with Gasteiger partial charge in [0.1, 0.15) is 0 Å². The summed E-state index contributed by atoms with van der Waals surface area (Å²) in [6.07, 6.45) is 0. The maximum atomic E-state index is 11.4. The molecular weight excluding hydrogens is 259 g/mol. The van der Waals surface area contributed by atoms with Crippen LogP contribution in [0.15, 0.2) is 18.2 Å². The maximum Gasteiger partial charge on any atom is 0.321 e. The minimum absolute atomic E-state index is 0.181. The lowest BCUT2D eigenvalue weighted by Crippen LogP contribution is -2.27. The number of urea groups is 1. The van der Waals surface area contributed by atoms with Crippen molar-refractivity contribution in [3.05, 3.63) is 28.8 Å². The minimum Gasteiger partial charge on any atom is -0.331 e. The van der Waals surface area contributed by atoms with Gasteiger partial charge in [0.05, 0.1) is 0 Å². The molecule has 0 aliphatic rings. The number of anilines is 1. The van der Waals surface area contributed by atoms with E-state index in [9.17, 15) is 4.79 Å². The molecule has 0 aromatic heterocycles. The van der Waals surface area contributed by atoms with E-state index in [1.54, 1.807) is 20.2 Å². The Hall–Kier alpha value is -0.930. The highest BCUT2D eigenvalue weighted by Crippen LogP contribution is 2.28. The second kappa shape index (κ2) is 6.12. The van der Waals surface area contributed by atoms with Gasteiger partial charge in [-0.05, 0) is 23.6 Å². The smallest absolute Gasteiger partial charge is 0.321 e. The van der Waals surface area contributed by atoms with Crippen LogP contribution < -0.4 is 5.32 Å². The summed E-state index contributed by atoms with van der Waals surface area (Å²) in [5.41, 5.74) is 1.67. The summed E-state index contributed by atoms with van der Waals surface area (Å²) in [5, 5.41) is 3.36. The number of hydrogen-bond acceptors (Lipinski definition) is 1. The number of amides is 2. The molecule has 2 amide bonds. The van der Waals surface area contributed by atoms with Gasteiger partial charge in [0.15, 0.2) is 0 Å². The first-order chi connectivity index (χ1) is 7.95. The predicted octanol–water partition coefficient (Wildman–Crippen LogP) is 3.78. The molecule has 0 fully saturated rings. The van der Waals surface area contributed by atoms with Gasteiger partial charge < -0.3 is 10.2 Å². The molecule has 5 heteroatoms. The molecule has 1 unspecified atom stereocenters. The third-order valence-corrected chi connectivity index (χ3v) is 3.21. The Bertz CT molecular complexity index is 407. The summed E-state index contributed by atoms with van der Waals surface area (Å²) in [4.78, 5) is 12.9. The molecule has 1 atom stereocenters. The van der Waals surface area contributed by atoms with Crippen LogP contribution in [0, 0.1) is 0 Å². The fraction of sp³-hybridized carbons (Fsp3) is 0.417. The molecule has 0 heterocycles. The number of benzene rings is 1. The maximum absolute atomic E-state index is 11.4. The summed E-state index contributed by atoms with van der Waals surface area (Å²) < 4.78 is 0. The number of rotatable bonds is 3. The Morgan fingerprint density at radius 2 is 2.12 bits per heavy atom. The van der Waals surface area contributed by atoms with Gasteiger partial charge in [-0.1, -0.05) is 24.6 Å². The van der Waals surface area contributed by atoms with E-state index < -0.39 is 0 Å².